The number of fused-ring (bicyclic) bond motifs is 1. The molecule has 0 aliphatic rings. The zero-order chi connectivity index (χ0) is 20.0. The Hall–Kier alpha value is -3.46. The molecule has 6 heteroatoms. The molecule has 0 aliphatic heterocycles. The van der Waals surface area contributed by atoms with E-state index in [9.17, 15) is 18.0 Å². The van der Waals surface area contributed by atoms with Crippen molar-refractivity contribution in [1.82, 2.24) is 5.32 Å². The Morgan fingerprint density at radius 3 is 2.46 bits per heavy atom. The number of hydrogen-bond donors (Lipinski definition) is 1. The third kappa shape index (κ3) is 4.63. The molecule has 3 aromatic rings. The summed E-state index contributed by atoms with van der Waals surface area (Å²) < 4.78 is 44.5. The first-order valence-electron chi connectivity index (χ1n) is 8.47. The number of hydrogen-bond acceptors (Lipinski definition) is 2. The summed E-state index contributed by atoms with van der Waals surface area (Å²) in [6.07, 6.45) is -4.59. The lowest BCUT2D eigenvalue weighted by Crippen LogP contribution is -2.26. The fraction of sp³-hybridized carbons (Fsp3) is 0.136. The summed E-state index contributed by atoms with van der Waals surface area (Å²) in [5.41, 5.74) is -1.40. The summed E-state index contributed by atoms with van der Waals surface area (Å²) in [7, 11) is 0. The Bertz CT molecular complexity index is 1040. The number of benzene rings is 3. The van der Waals surface area contributed by atoms with Crippen LogP contribution in [0.1, 0.15) is 15.9 Å². The molecule has 0 aromatic heterocycles. The summed E-state index contributed by atoms with van der Waals surface area (Å²) in [5, 5.41) is 4.38. The zero-order valence-corrected chi connectivity index (χ0v) is 14.7. The van der Waals surface area contributed by atoms with E-state index in [1.54, 1.807) is 0 Å². The summed E-state index contributed by atoms with van der Waals surface area (Å²) in [6, 6.07) is 18.1. The SMILES string of the molecule is O=C(NCC#CCOc1cccc2ccccc12)c1ccccc1C(F)(F)F. The van der Waals surface area contributed by atoms with Crippen molar-refractivity contribution < 1.29 is 22.7 Å². The van der Waals surface area contributed by atoms with Gasteiger partial charge in [-0.2, -0.15) is 13.2 Å². The smallest absolute Gasteiger partial charge is 0.417 e. The van der Waals surface area contributed by atoms with Gasteiger partial charge in [-0.15, -0.1) is 0 Å². The van der Waals surface area contributed by atoms with Crippen LogP contribution in [0.15, 0.2) is 66.7 Å². The first-order valence-corrected chi connectivity index (χ1v) is 8.47. The molecule has 0 fully saturated rings. The van der Waals surface area contributed by atoms with Crippen molar-refractivity contribution in [2.75, 3.05) is 13.2 Å². The van der Waals surface area contributed by atoms with E-state index in [-0.39, 0.29) is 13.2 Å². The lowest BCUT2D eigenvalue weighted by Gasteiger charge is -2.11. The lowest BCUT2D eigenvalue weighted by atomic mass is 10.1. The van der Waals surface area contributed by atoms with E-state index in [1.165, 1.54) is 12.1 Å². The number of nitrogens with one attached hydrogen (secondary N) is 1. The fourth-order valence-corrected chi connectivity index (χ4v) is 2.70. The quantitative estimate of drug-likeness (QED) is 0.665. The van der Waals surface area contributed by atoms with Gasteiger partial charge in [-0.05, 0) is 23.6 Å². The molecule has 3 rings (SSSR count). The second-order valence-electron chi connectivity index (χ2n) is 5.85. The number of amides is 1. The number of carbonyl (C=O) groups is 1. The van der Waals surface area contributed by atoms with Gasteiger partial charge in [0, 0.05) is 5.39 Å². The molecule has 0 saturated heterocycles. The Morgan fingerprint density at radius 1 is 0.929 bits per heavy atom. The van der Waals surface area contributed by atoms with Crippen LogP contribution in [-0.2, 0) is 6.18 Å². The maximum absolute atomic E-state index is 12.9. The van der Waals surface area contributed by atoms with Gasteiger partial charge in [-0.25, -0.2) is 0 Å². The number of halogens is 3. The number of alkyl halides is 3. The molecule has 0 bridgehead atoms. The molecule has 0 heterocycles. The van der Waals surface area contributed by atoms with E-state index < -0.39 is 23.2 Å². The van der Waals surface area contributed by atoms with Crippen molar-refractivity contribution >= 4 is 16.7 Å². The number of rotatable bonds is 4. The van der Waals surface area contributed by atoms with Crippen molar-refractivity contribution in [2.24, 2.45) is 0 Å². The van der Waals surface area contributed by atoms with Crippen LogP contribution in [0, 0.1) is 11.8 Å². The van der Waals surface area contributed by atoms with Gasteiger partial charge >= 0.3 is 6.18 Å². The highest BCUT2D eigenvalue weighted by molar-refractivity contribution is 5.96. The van der Waals surface area contributed by atoms with Gasteiger partial charge in [-0.3, -0.25) is 4.79 Å². The summed E-state index contributed by atoms with van der Waals surface area (Å²) in [4.78, 5) is 12.0. The Labute approximate surface area is 160 Å². The number of carbonyl (C=O) groups excluding carboxylic acids is 1. The average molecular weight is 383 g/mol. The Morgan fingerprint density at radius 2 is 1.64 bits per heavy atom. The number of ether oxygens (including phenoxy) is 1. The van der Waals surface area contributed by atoms with Crippen LogP contribution in [0.4, 0.5) is 13.2 Å². The second kappa shape index (κ2) is 8.49. The summed E-state index contributed by atoms with van der Waals surface area (Å²) >= 11 is 0. The van der Waals surface area contributed by atoms with Crippen LogP contribution in [0.5, 0.6) is 5.75 Å². The minimum Gasteiger partial charge on any atom is -0.480 e. The van der Waals surface area contributed by atoms with Crippen LogP contribution < -0.4 is 10.1 Å². The molecular formula is C22H16F3NO2. The molecular weight excluding hydrogens is 367 g/mol. The average Bonchev–Trinajstić information content (AvgIpc) is 2.70. The van der Waals surface area contributed by atoms with Gasteiger partial charge in [0.05, 0.1) is 17.7 Å². The van der Waals surface area contributed by atoms with Crippen molar-refractivity contribution in [3.8, 4) is 17.6 Å². The van der Waals surface area contributed by atoms with Crippen molar-refractivity contribution in [3.63, 3.8) is 0 Å². The van der Waals surface area contributed by atoms with Crippen LogP contribution in [0.25, 0.3) is 10.8 Å². The van der Waals surface area contributed by atoms with Gasteiger partial charge in [0.1, 0.15) is 12.4 Å². The normalized spacial score (nSPS) is 10.8. The maximum Gasteiger partial charge on any atom is 0.417 e. The van der Waals surface area contributed by atoms with E-state index in [4.69, 9.17) is 4.74 Å². The van der Waals surface area contributed by atoms with E-state index in [2.05, 4.69) is 17.2 Å². The van der Waals surface area contributed by atoms with E-state index in [0.29, 0.717) is 5.75 Å². The highest BCUT2D eigenvalue weighted by atomic mass is 19.4. The Balaban J connectivity index is 1.56. The second-order valence-corrected chi connectivity index (χ2v) is 5.85. The van der Waals surface area contributed by atoms with Crippen LogP contribution in [0.3, 0.4) is 0 Å². The van der Waals surface area contributed by atoms with Crippen molar-refractivity contribution in [1.29, 1.82) is 0 Å². The topological polar surface area (TPSA) is 38.3 Å². The predicted molar refractivity (Wildman–Crippen MR) is 101 cm³/mol. The van der Waals surface area contributed by atoms with Gasteiger partial charge in [0.2, 0.25) is 0 Å². The molecule has 0 radical (unpaired) electrons. The van der Waals surface area contributed by atoms with Crippen molar-refractivity contribution in [2.45, 2.75) is 6.18 Å². The van der Waals surface area contributed by atoms with Crippen LogP contribution >= 0.6 is 0 Å². The van der Waals surface area contributed by atoms with E-state index in [0.717, 1.165) is 22.9 Å². The molecule has 142 valence electrons. The molecule has 1 amide bonds. The van der Waals surface area contributed by atoms with E-state index >= 15 is 0 Å². The Kier molecular flexibility index (Phi) is 5.85. The standard InChI is InChI=1S/C22H16F3NO2/c23-22(24,25)19-12-4-3-11-18(19)21(27)26-14-5-6-15-28-20-13-7-9-16-8-1-2-10-17(16)20/h1-4,7-13H,14-15H2,(H,26,27). The third-order valence-electron chi connectivity index (χ3n) is 3.99. The largest absolute Gasteiger partial charge is 0.480 e. The van der Waals surface area contributed by atoms with Gasteiger partial charge in [0.15, 0.2) is 0 Å². The van der Waals surface area contributed by atoms with Crippen LogP contribution in [-0.4, -0.2) is 19.1 Å². The molecule has 28 heavy (non-hydrogen) atoms. The predicted octanol–water partition coefficient (Wildman–Crippen LogP) is 4.67. The highest BCUT2D eigenvalue weighted by Crippen LogP contribution is 2.31. The third-order valence-corrected chi connectivity index (χ3v) is 3.99. The van der Waals surface area contributed by atoms with E-state index in [1.807, 2.05) is 42.5 Å². The zero-order valence-electron chi connectivity index (χ0n) is 14.7. The van der Waals surface area contributed by atoms with Gasteiger partial charge in [0.25, 0.3) is 5.91 Å². The minimum absolute atomic E-state index is 0.0794. The molecule has 1 N–H and O–H groups in total. The van der Waals surface area contributed by atoms with Gasteiger partial charge in [-0.1, -0.05) is 60.4 Å². The fourth-order valence-electron chi connectivity index (χ4n) is 2.70. The molecule has 0 unspecified atom stereocenters. The maximum atomic E-state index is 12.9. The molecule has 0 atom stereocenters. The van der Waals surface area contributed by atoms with Gasteiger partial charge < -0.3 is 10.1 Å². The first kappa shape index (κ1) is 19.3. The summed E-state index contributed by atoms with van der Waals surface area (Å²) in [6.45, 7) is 0.0208. The monoisotopic (exact) mass is 383 g/mol. The minimum atomic E-state index is -4.59. The molecule has 3 aromatic carbocycles. The molecule has 0 aliphatic carbocycles. The molecule has 0 spiro atoms. The first-order chi connectivity index (χ1) is 13.5. The highest BCUT2D eigenvalue weighted by Gasteiger charge is 2.34. The molecule has 3 nitrogen and oxygen atoms in total. The van der Waals surface area contributed by atoms with Crippen LogP contribution in [0.2, 0.25) is 0 Å². The lowest BCUT2D eigenvalue weighted by molar-refractivity contribution is -0.137. The summed E-state index contributed by atoms with van der Waals surface area (Å²) in [5.74, 6) is 5.28. The molecule has 0 saturated carbocycles. The van der Waals surface area contributed by atoms with Crippen molar-refractivity contribution in [3.05, 3.63) is 77.9 Å².